The summed E-state index contributed by atoms with van der Waals surface area (Å²) in [6.45, 7) is 4.12. The van der Waals surface area contributed by atoms with Gasteiger partial charge in [0.2, 0.25) is 5.91 Å². The molecule has 2 aromatic rings. The van der Waals surface area contributed by atoms with Crippen molar-refractivity contribution in [2.75, 3.05) is 19.7 Å². The molecule has 1 fully saturated rings. The molecule has 2 aliphatic rings. The number of piperidine rings is 1. The van der Waals surface area contributed by atoms with Crippen LogP contribution in [-0.2, 0) is 11.2 Å². The Bertz CT molecular complexity index is 803. The van der Waals surface area contributed by atoms with Gasteiger partial charge in [0.25, 0.3) is 5.88 Å². The van der Waals surface area contributed by atoms with Crippen LogP contribution in [0.4, 0.5) is 0 Å². The van der Waals surface area contributed by atoms with Gasteiger partial charge in [0.15, 0.2) is 11.9 Å². The minimum absolute atomic E-state index is 0.0408. The summed E-state index contributed by atoms with van der Waals surface area (Å²) >= 11 is 0. The van der Waals surface area contributed by atoms with E-state index in [1.807, 2.05) is 12.1 Å². The van der Waals surface area contributed by atoms with Gasteiger partial charge in [-0.05, 0) is 61.5 Å². The van der Waals surface area contributed by atoms with Crippen LogP contribution in [0.3, 0.4) is 0 Å². The van der Waals surface area contributed by atoms with Gasteiger partial charge in [0.1, 0.15) is 6.61 Å². The molecule has 2 aliphatic heterocycles. The summed E-state index contributed by atoms with van der Waals surface area (Å²) in [5.74, 6) is 1.79. The topological polar surface area (TPSA) is 72.5 Å². The summed E-state index contributed by atoms with van der Waals surface area (Å²) in [6.07, 6.45) is 4.59. The van der Waals surface area contributed by atoms with Gasteiger partial charge in [-0.15, -0.1) is 0 Å². The van der Waals surface area contributed by atoms with E-state index in [-0.39, 0.29) is 18.1 Å². The maximum absolute atomic E-state index is 11.7. The number of amides is 1. The minimum Gasteiger partial charge on any atom is -0.484 e. The quantitative estimate of drug-likeness (QED) is 0.833. The molecule has 6 heteroatoms. The number of aromatic nitrogens is 1. The first-order valence-corrected chi connectivity index (χ1v) is 10.00. The van der Waals surface area contributed by atoms with Crippen LogP contribution in [0.2, 0.25) is 0 Å². The van der Waals surface area contributed by atoms with Crippen LogP contribution in [0, 0.1) is 5.92 Å². The summed E-state index contributed by atoms with van der Waals surface area (Å²) < 4.78 is 11.8. The maximum Gasteiger partial charge on any atom is 0.257 e. The van der Waals surface area contributed by atoms with Gasteiger partial charge in [0.05, 0.1) is 0 Å². The van der Waals surface area contributed by atoms with E-state index in [0.717, 1.165) is 37.9 Å². The number of nitrogens with one attached hydrogen (secondary N) is 2. The normalized spacial score (nSPS) is 20.4. The van der Waals surface area contributed by atoms with E-state index in [2.05, 4.69) is 39.9 Å². The highest BCUT2D eigenvalue weighted by atomic mass is 16.6. The Morgan fingerprint density at radius 2 is 2.04 bits per heavy atom. The van der Waals surface area contributed by atoms with Gasteiger partial charge in [-0.25, -0.2) is 4.98 Å². The number of benzene rings is 1. The minimum atomic E-state index is -0.160. The molecule has 0 bridgehead atoms. The molecule has 148 valence electrons. The second kappa shape index (κ2) is 8.61. The molecule has 28 heavy (non-hydrogen) atoms. The van der Waals surface area contributed by atoms with E-state index in [4.69, 9.17) is 9.47 Å². The lowest BCUT2D eigenvalue weighted by Crippen LogP contribution is -2.44. The number of hydrogen-bond acceptors (Lipinski definition) is 5. The zero-order valence-corrected chi connectivity index (χ0v) is 16.2. The predicted octanol–water partition coefficient (Wildman–Crippen LogP) is 2.64. The van der Waals surface area contributed by atoms with Crippen LogP contribution >= 0.6 is 0 Å². The van der Waals surface area contributed by atoms with E-state index in [1.165, 1.54) is 5.56 Å². The molecule has 1 amide bonds. The van der Waals surface area contributed by atoms with Crippen molar-refractivity contribution in [1.82, 2.24) is 15.6 Å². The number of rotatable bonds is 5. The molecule has 0 radical (unpaired) electrons. The molecule has 0 saturated carbocycles. The van der Waals surface area contributed by atoms with Gasteiger partial charge < -0.3 is 20.1 Å². The van der Waals surface area contributed by atoms with E-state index in [0.29, 0.717) is 24.2 Å². The predicted molar refractivity (Wildman–Crippen MR) is 106 cm³/mol. The first kappa shape index (κ1) is 18.7. The van der Waals surface area contributed by atoms with Crippen molar-refractivity contribution in [1.29, 1.82) is 0 Å². The van der Waals surface area contributed by atoms with Crippen molar-refractivity contribution < 1.29 is 14.3 Å². The van der Waals surface area contributed by atoms with Gasteiger partial charge in [-0.1, -0.05) is 24.3 Å². The molecule has 2 N–H and O–H groups in total. The first-order chi connectivity index (χ1) is 13.7. The Hall–Kier alpha value is -2.60. The number of carbonyl (C=O) groups is 1. The lowest BCUT2D eigenvalue weighted by Gasteiger charge is -2.31. The molecule has 4 rings (SSSR count). The van der Waals surface area contributed by atoms with Crippen molar-refractivity contribution in [3.05, 3.63) is 53.7 Å². The highest BCUT2D eigenvalue weighted by molar-refractivity contribution is 5.73. The van der Waals surface area contributed by atoms with E-state index in [9.17, 15) is 4.79 Å². The molecule has 0 spiro atoms. The molecule has 6 nitrogen and oxygen atoms in total. The molecule has 2 atom stereocenters. The number of pyridine rings is 1. The fraction of sp³-hybridized carbons (Fsp3) is 0.455. The Kier molecular flexibility index (Phi) is 5.76. The number of carbonyl (C=O) groups excluding carboxylic acids is 1. The number of fused-ring (bicyclic) bond motifs is 1. The highest BCUT2D eigenvalue weighted by Crippen LogP contribution is 2.34. The van der Waals surface area contributed by atoms with E-state index < -0.39 is 0 Å². The summed E-state index contributed by atoms with van der Waals surface area (Å²) in [7, 11) is 0. The van der Waals surface area contributed by atoms with Gasteiger partial charge in [-0.2, -0.15) is 0 Å². The smallest absolute Gasteiger partial charge is 0.257 e. The lowest BCUT2D eigenvalue weighted by molar-refractivity contribution is -0.120. The van der Waals surface area contributed by atoms with Crippen molar-refractivity contribution in [2.24, 2.45) is 5.92 Å². The zero-order chi connectivity index (χ0) is 19.3. The Morgan fingerprint density at radius 1 is 1.25 bits per heavy atom. The average Bonchev–Trinajstić information content (AvgIpc) is 2.74. The molecule has 3 heterocycles. The number of nitrogens with zero attached hydrogens (tertiary/aromatic N) is 1. The van der Waals surface area contributed by atoms with Crippen molar-refractivity contribution in [2.45, 2.75) is 38.3 Å². The summed E-state index contributed by atoms with van der Waals surface area (Å²) in [5, 5.41) is 6.56. The molecule has 1 aromatic heterocycles. The van der Waals surface area contributed by atoms with Crippen LogP contribution in [0.15, 0.2) is 42.6 Å². The third kappa shape index (κ3) is 4.44. The number of ether oxygens (including phenoxy) is 2. The Balaban J connectivity index is 1.42. The molecule has 1 unspecified atom stereocenters. The second-order valence-electron chi connectivity index (χ2n) is 7.56. The maximum atomic E-state index is 11.7. The SMILES string of the molecule is CC(=O)NC(Cc1ccc([C@H]2COc3cccnc3O2)cc1)C1CCNCC1. The van der Waals surface area contributed by atoms with Crippen LogP contribution < -0.4 is 20.1 Å². The van der Waals surface area contributed by atoms with Crippen molar-refractivity contribution in [3.8, 4) is 11.6 Å². The van der Waals surface area contributed by atoms with Gasteiger partial charge in [0, 0.05) is 19.2 Å². The first-order valence-electron chi connectivity index (χ1n) is 10.00. The van der Waals surface area contributed by atoms with Crippen LogP contribution in [-0.4, -0.2) is 36.6 Å². The summed E-state index contributed by atoms with van der Waals surface area (Å²) in [4.78, 5) is 15.9. The molecule has 1 aromatic carbocycles. The third-order valence-electron chi connectivity index (χ3n) is 5.53. The second-order valence-corrected chi connectivity index (χ2v) is 7.56. The van der Waals surface area contributed by atoms with E-state index in [1.54, 1.807) is 13.1 Å². The fourth-order valence-electron chi connectivity index (χ4n) is 4.04. The molecule has 1 saturated heterocycles. The Morgan fingerprint density at radius 3 is 2.79 bits per heavy atom. The summed E-state index contributed by atoms with van der Waals surface area (Å²) in [5.41, 5.74) is 2.29. The van der Waals surface area contributed by atoms with Crippen LogP contribution in [0.1, 0.15) is 37.0 Å². The van der Waals surface area contributed by atoms with Gasteiger partial charge >= 0.3 is 0 Å². The Labute approximate surface area is 165 Å². The number of hydrogen-bond donors (Lipinski definition) is 2. The fourth-order valence-corrected chi connectivity index (χ4v) is 4.04. The largest absolute Gasteiger partial charge is 0.484 e. The zero-order valence-electron chi connectivity index (χ0n) is 16.2. The summed E-state index contributed by atoms with van der Waals surface area (Å²) in [6, 6.07) is 12.3. The molecular weight excluding hydrogens is 354 g/mol. The van der Waals surface area contributed by atoms with E-state index >= 15 is 0 Å². The van der Waals surface area contributed by atoms with Crippen molar-refractivity contribution >= 4 is 5.91 Å². The average molecular weight is 381 g/mol. The lowest BCUT2D eigenvalue weighted by atomic mass is 9.86. The molecular formula is C22H27N3O3. The third-order valence-corrected chi connectivity index (χ3v) is 5.53. The van der Waals surface area contributed by atoms with Gasteiger partial charge in [-0.3, -0.25) is 4.79 Å². The van der Waals surface area contributed by atoms with Crippen LogP contribution in [0.25, 0.3) is 0 Å². The molecule has 0 aliphatic carbocycles. The monoisotopic (exact) mass is 381 g/mol. The van der Waals surface area contributed by atoms with Crippen molar-refractivity contribution in [3.63, 3.8) is 0 Å². The standard InChI is InChI=1S/C22H27N3O3/c1-15(26)25-19(17-8-11-23-12-9-17)13-16-4-6-18(7-5-16)21-14-27-20-3-2-10-24-22(20)28-21/h2-7,10,17,19,21,23H,8-9,11-14H2,1H3,(H,25,26)/t19?,21-/m1/s1. The highest BCUT2D eigenvalue weighted by Gasteiger charge is 2.26. The van der Waals surface area contributed by atoms with Crippen LogP contribution in [0.5, 0.6) is 11.6 Å².